The van der Waals surface area contributed by atoms with E-state index in [0.717, 1.165) is 22.6 Å². The Bertz CT molecular complexity index is 869. The van der Waals surface area contributed by atoms with Gasteiger partial charge in [0.25, 0.3) is 0 Å². The number of aromatic nitrogens is 2. The van der Waals surface area contributed by atoms with Crippen molar-refractivity contribution >= 4 is 11.8 Å². The Morgan fingerprint density at radius 1 is 0.935 bits per heavy atom. The number of hydrogen-bond donors (Lipinski definition) is 1. The van der Waals surface area contributed by atoms with Gasteiger partial charge in [0.05, 0.1) is 12.3 Å². The number of esters is 1. The van der Waals surface area contributed by atoms with E-state index in [0.29, 0.717) is 19.0 Å². The van der Waals surface area contributed by atoms with Gasteiger partial charge in [0.1, 0.15) is 31.0 Å². The van der Waals surface area contributed by atoms with Gasteiger partial charge in [-0.05, 0) is 36.8 Å². The van der Waals surface area contributed by atoms with Crippen molar-refractivity contribution in [1.82, 2.24) is 9.97 Å². The number of hydrogen-bond acceptors (Lipinski definition) is 6. The summed E-state index contributed by atoms with van der Waals surface area (Å²) in [6.45, 7) is 10.7. The SMILES string of the molecule is CC.CC.CCOC(=O)CNc1cc(-c2ccc(OCc3ccccc3)cc2)ncn1. The maximum Gasteiger partial charge on any atom is 0.325 e. The minimum absolute atomic E-state index is 0.0660. The fourth-order valence-electron chi connectivity index (χ4n) is 2.45. The summed E-state index contributed by atoms with van der Waals surface area (Å²) >= 11 is 0. The zero-order valence-electron chi connectivity index (χ0n) is 19.1. The third-order valence-electron chi connectivity index (χ3n) is 3.78. The molecule has 0 saturated heterocycles. The van der Waals surface area contributed by atoms with Crippen LogP contribution in [0.4, 0.5) is 5.82 Å². The summed E-state index contributed by atoms with van der Waals surface area (Å²) in [5, 5.41) is 2.94. The van der Waals surface area contributed by atoms with E-state index < -0.39 is 0 Å². The molecule has 3 rings (SSSR count). The molecular weight excluding hydrogens is 390 g/mol. The quantitative estimate of drug-likeness (QED) is 0.465. The van der Waals surface area contributed by atoms with Crippen LogP contribution >= 0.6 is 0 Å². The largest absolute Gasteiger partial charge is 0.489 e. The van der Waals surface area contributed by atoms with Gasteiger partial charge in [0.15, 0.2) is 0 Å². The molecule has 0 aliphatic rings. The highest BCUT2D eigenvalue weighted by atomic mass is 16.5. The molecule has 1 aromatic heterocycles. The van der Waals surface area contributed by atoms with Gasteiger partial charge in [0.2, 0.25) is 0 Å². The summed E-state index contributed by atoms with van der Waals surface area (Å²) in [6, 6.07) is 19.5. The summed E-state index contributed by atoms with van der Waals surface area (Å²) in [5.74, 6) is 1.03. The number of benzene rings is 2. The van der Waals surface area contributed by atoms with Crippen molar-refractivity contribution in [3.05, 3.63) is 72.6 Å². The van der Waals surface area contributed by atoms with Crippen LogP contribution in [0.25, 0.3) is 11.3 Å². The molecule has 1 heterocycles. The molecule has 1 N–H and O–H groups in total. The molecule has 6 heteroatoms. The van der Waals surface area contributed by atoms with E-state index in [1.54, 1.807) is 13.0 Å². The van der Waals surface area contributed by atoms with E-state index in [-0.39, 0.29) is 12.5 Å². The molecule has 0 amide bonds. The average Bonchev–Trinajstić information content (AvgIpc) is 2.85. The molecule has 0 unspecified atom stereocenters. The van der Waals surface area contributed by atoms with Crippen molar-refractivity contribution in [2.75, 3.05) is 18.5 Å². The van der Waals surface area contributed by atoms with Crippen LogP contribution in [0, 0.1) is 0 Å². The Morgan fingerprint density at radius 3 is 2.26 bits per heavy atom. The number of carbonyl (C=O) groups excluding carboxylic acids is 1. The van der Waals surface area contributed by atoms with Crippen LogP contribution in [-0.2, 0) is 16.1 Å². The fraction of sp³-hybridized carbons (Fsp3) is 0.320. The number of nitrogens with one attached hydrogen (secondary N) is 1. The second kappa shape index (κ2) is 15.4. The smallest absolute Gasteiger partial charge is 0.325 e. The first-order chi connectivity index (χ1) is 15.2. The number of ether oxygens (including phenoxy) is 2. The predicted octanol–water partition coefficient (Wildman–Crippen LogP) is 5.75. The van der Waals surface area contributed by atoms with Gasteiger partial charge in [-0.1, -0.05) is 58.0 Å². The third kappa shape index (κ3) is 9.30. The minimum Gasteiger partial charge on any atom is -0.489 e. The maximum atomic E-state index is 11.4. The molecule has 3 aromatic rings. The zero-order chi connectivity index (χ0) is 22.9. The number of carbonyl (C=O) groups is 1. The summed E-state index contributed by atoms with van der Waals surface area (Å²) < 4.78 is 10.7. The number of anilines is 1. The van der Waals surface area contributed by atoms with Gasteiger partial charge in [-0.2, -0.15) is 0 Å². The van der Waals surface area contributed by atoms with Crippen molar-refractivity contribution in [3.8, 4) is 17.0 Å². The lowest BCUT2D eigenvalue weighted by atomic mass is 10.1. The van der Waals surface area contributed by atoms with E-state index in [9.17, 15) is 4.79 Å². The highest BCUT2D eigenvalue weighted by molar-refractivity contribution is 5.75. The molecule has 0 aliphatic heterocycles. The van der Waals surface area contributed by atoms with Gasteiger partial charge >= 0.3 is 5.97 Å². The molecule has 0 spiro atoms. The topological polar surface area (TPSA) is 73.3 Å². The predicted molar refractivity (Wildman–Crippen MR) is 126 cm³/mol. The average molecular weight is 424 g/mol. The van der Waals surface area contributed by atoms with Gasteiger partial charge in [-0.3, -0.25) is 4.79 Å². The molecule has 0 fully saturated rings. The summed E-state index contributed by atoms with van der Waals surface area (Å²) in [5.41, 5.74) is 2.81. The molecule has 0 radical (unpaired) electrons. The van der Waals surface area contributed by atoms with E-state index in [2.05, 4.69) is 15.3 Å². The van der Waals surface area contributed by atoms with Crippen LogP contribution in [0.1, 0.15) is 40.2 Å². The maximum absolute atomic E-state index is 11.4. The molecular formula is C25H33N3O3. The monoisotopic (exact) mass is 423 g/mol. The lowest BCUT2D eigenvalue weighted by molar-refractivity contribution is -0.140. The molecule has 0 aliphatic carbocycles. The Labute approximate surface area is 185 Å². The van der Waals surface area contributed by atoms with E-state index in [4.69, 9.17) is 9.47 Å². The molecule has 6 nitrogen and oxygen atoms in total. The molecule has 2 aromatic carbocycles. The summed E-state index contributed by atoms with van der Waals surface area (Å²) in [7, 11) is 0. The van der Waals surface area contributed by atoms with E-state index in [1.165, 1.54) is 6.33 Å². The zero-order valence-corrected chi connectivity index (χ0v) is 19.1. The van der Waals surface area contributed by atoms with E-state index in [1.807, 2.05) is 82.3 Å². The van der Waals surface area contributed by atoms with Crippen LogP contribution in [0.5, 0.6) is 5.75 Å². The Morgan fingerprint density at radius 2 is 1.61 bits per heavy atom. The molecule has 0 bridgehead atoms. The van der Waals surface area contributed by atoms with Crippen molar-refractivity contribution in [3.63, 3.8) is 0 Å². The first kappa shape index (κ1) is 25.6. The van der Waals surface area contributed by atoms with Crippen LogP contribution in [0.3, 0.4) is 0 Å². The van der Waals surface area contributed by atoms with Gasteiger partial charge < -0.3 is 14.8 Å². The van der Waals surface area contributed by atoms with Crippen molar-refractivity contribution in [2.45, 2.75) is 41.2 Å². The Hall–Kier alpha value is -3.41. The second-order valence-corrected chi connectivity index (χ2v) is 5.75. The van der Waals surface area contributed by atoms with Crippen LogP contribution in [-0.4, -0.2) is 29.1 Å². The molecule has 166 valence electrons. The highest BCUT2D eigenvalue weighted by Crippen LogP contribution is 2.22. The van der Waals surface area contributed by atoms with Crippen molar-refractivity contribution in [2.24, 2.45) is 0 Å². The van der Waals surface area contributed by atoms with E-state index >= 15 is 0 Å². The van der Waals surface area contributed by atoms with Crippen molar-refractivity contribution in [1.29, 1.82) is 0 Å². The standard InChI is InChI=1S/C21H21N3O3.2C2H6/c1-2-26-21(25)13-22-20-12-19(23-15-24-20)17-8-10-18(11-9-17)27-14-16-6-4-3-5-7-16;2*1-2/h3-12,15H,2,13-14H2,1H3,(H,22,23,24);2*1-2H3. The fourth-order valence-corrected chi connectivity index (χ4v) is 2.45. The van der Waals surface area contributed by atoms with Gasteiger partial charge in [-0.15, -0.1) is 0 Å². The Kier molecular flexibility index (Phi) is 12.8. The molecule has 31 heavy (non-hydrogen) atoms. The number of nitrogens with zero attached hydrogens (tertiary/aromatic N) is 2. The summed E-state index contributed by atoms with van der Waals surface area (Å²) in [6.07, 6.45) is 1.46. The lowest BCUT2D eigenvalue weighted by Crippen LogP contribution is -2.17. The minimum atomic E-state index is -0.322. The number of rotatable bonds is 8. The molecule has 0 atom stereocenters. The van der Waals surface area contributed by atoms with Crippen LogP contribution in [0.2, 0.25) is 0 Å². The first-order valence-corrected chi connectivity index (χ1v) is 10.7. The van der Waals surface area contributed by atoms with Gasteiger partial charge in [-0.25, -0.2) is 9.97 Å². The highest BCUT2D eigenvalue weighted by Gasteiger charge is 2.05. The summed E-state index contributed by atoms with van der Waals surface area (Å²) in [4.78, 5) is 19.8. The second-order valence-electron chi connectivity index (χ2n) is 5.75. The third-order valence-corrected chi connectivity index (χ3v) is 3.78. The van der Waals surface area contributed by atoms with Gasteiger partial charge in [0, 0.05) is 11.6 Å². The van der Waals surface area contributed by atoms with Crippen LogP contribution < -0.4 is 10.1 Å². The van der Waals surface area contributed by atoms with Crippen molar-refractivity contribution < 1.29 is 14.3 Å². The Balaban J connectivity index is 0.00000113. The first-order valence-electron chi connectivity index (χ1n) is 10.7. The van der Waals surface area contributed by atoms with Crippen LogP contribution in [0.15, 0.2) is 67.0 Å². The normalized spacial score (nSPS) is 9.32. The molecule has 0 saturated carbocycles. The lowest BCUT2D eigenvalue weighted by Gasteiger charge is -2.08.